The SMILES string of the molecule is O=C(Cn1cccn1)N1CCN(C2CC2)CC1c1ccccc1. The summed E-state index contributed by atoms with van der Waals surface area (Å²) in [5, 5.41) is 4.16. The molecule has 120 valence electrons. The molecular formula is C18H22N4O. The number of hydrogen-bond donors (Lipinski definition) is 0. The van der Waals surface area contributed by atoms with Gasteiger partial charge < -0.3 is 4.90 Å². The van der Waals surface area contributed by atoms with E-state index < -0.39 is 0 Å². The maximum atomic E-state index is 12.8. The van der Waals surface area contributed by atoms with E-state index in [1.54, 1.807) is 10.9 Å². The van der Waals surface area contributed by atoms with Crippen molar-refractivity contribution in [3.8, 4) is 0 Å². The van der Waals surface area contributed by atoms with Crippen LogP contribution in [0.5, 0.6) is 0 Å². The molecule has 1 aliphatic heterocycles. The number of amides is 1. The van der Waals surface area contributed by atoms with Crippen LogP contribution in [0, 0.1) is 0 Å². The first-order valence-corrected chi connectivity index (χ1v) is 8.37. The average molecular weight is 310 g/mol. The molecule has 2 aromatic rings. The quantitative estimate of drug-likeness (QED) is 0.866. The largest absolute Gasteiger partial charge is 0.331 e. The van der Waals surface area contributed by atoms with Gasteiger partial charge in [0.15, 0.2) is 0 Å². The fraction of sp³-hybridized carbons (Fsp3) is 0.444. The molecule has 4 rings (SSSR count). The molecule has 1 saturated heterocycles. The molecule has 0 N–H and O–H groups in total. The van der Waals surface area contributed by atoms with Gasteiger partial charge in [-0.2, -0.15) is 5.10 Å². The molecule has 1 aromatic heterocycles. The highest BCUT2D eigenvalue weighted by Crippen LogP contribution is 2.33. The summed E-state index contributed by atoms with van der Waals surface area (Å²) >= 11 is 0. The van der Waals surface area contributed by atoms with Crippen LogP contribution in [0.4, 0.5) is 0 Å². The third kappa shape index (κ3) is 3.15. The Labute approximate surface area is 136 Å². The van der Waals surface area contributed by atoms with Crippen LogP contribution in [0.25, 0.3) is 0 Å². The predicted octanol–water partition coefficient (Wildman–Crippen LogP) is 1.93. The molecule has 1 atom stereocenters. The number of aromatic nitrogens is 2. The van der Waals surface area contributed by atoms with Gasteiger partial charge >= 0.3 is 0 Å². The van der Waals surface area contributed by atoms with Gasteiger partial charge in [-0.15, -0.1) is 0 Å². The van der Waals surface area contributed by atoms with Gasteiger partial charge in [0.25, 0.3) is 0 Å². The van der Waals surface area contributed by atoms with Crippen LogP contribution in [-0.2, 0) is 11.3 Å². The zero-order valence-electron chi connectivity index (χ0n) is 13.2. The molecular weight excluding hydrogens is 288 g/mol. The zero-order valence-corrected chi connectivity index (χ0v) is 13.2. The van der Waals surface area contributed by atoms with Crippen LogP contribution in [0.2, 0.25) is 0 Å². The summed E-state index contributed by atoms with van der Waals surface area (Å²) in [5.74, 6) is 0.151. The Morgan fingerprint density at radius 3 is 2.65 bits per heavy atom. The standard InChI is InChI=1S/C18H22N4O/c23-18(14-21-10-4-9-19-21)22-12-11-20(16-7-8-16)13-17(22)15-5-2-1-3-6-15/h1-6,9-10,16-17H,7-8,11-14H2. The zero-order chi connectivity index (χ0) is 15.6. The maximum absolute atomic E-state index is 12.8. The first-order valence-electron chi connectivity index (χ1n) is 8.37. The van der Waals surface area contributed by atoms with Crippen LogP contribution in [0.3, 0.4) is 0 Å². The van der Waals surface area contributed by atoms with Crippen molar-refractivity contribution in [2.45, 2.75) is 31.5 Å². The molecule has 0 bridgehead atoms. The lowest BCUT2D eigenvalue weighted by atomic mass is 10.0. The van der Waals surface area contributed by atoms with Crippen molar-refractivity contribution >= 4 is 5.91 Å². The van der Waals surface area contributed by atoms with Crippen LogP contribution >= 0.6 is 0 Å². The second-order valence-electron chi connectivity index (χ2n) is 6.44. The van der Waals surface area contributed by atoms with Crippen molar-refractivity contribution in [3.05, 3.63) is 54.4 Å². The van der Waals surface area contributed by atoms with Gasteiger partial charge in [0.2, 0.25) is 5.91 Å². The third-order valence-corrected chi connectivity index (χ3v) is 4.84. The summed E-state index contributed by atoms with van der Waals surface area (Å²) in [6.07, 6.45) is 6.17. The van der Waals surface area contributed by atoms with E-state index in [4.69, 9.17) is 0 Å². The van der Waals surface area contributed by atoms with Gasteiger partial charge in [-0.3, -0.25) is 14.4 Å². The highest BCUT2D eigenvalue weighted by atomic mass is 16.2. The van der Waals surface area contributed by atoms with E-state index in [1.807, 2.05) is 23.2 Å². The minimum atomic E-state index is 0.147. The van der Waals surface area contributed by atoms with Crippen molar-refractivity contribution in [1.29, 1.82) is 0 Å². The predicted molar refractivity (Wildman–Crippen MR) is 87.7 cm³/mol. The monoisotopic (exact) mass is 310 g/mol. The molecule has 1 saturated carbocycles. The molecule has 1 unspecified atom stereocenters. The second-order valence-corrected chi connectivity index (χ2v) is 6.44. The Bertz CT molecular complexity index is 651. The summed E-state index contributed by atoms with van der Waals surface area (Å²) in [4.78, 5) is 17.4. The molecule has 2 fully saturated rings. The summed E-state index contributed by atoms with van der Waals surface area (Å²) in [5.41, 5.74) is 1.23. The Kier molecular flexibility index (Phi) is 3.87. The Hall–Kier alpha value is -2.14. The lowest BCUT2D eigenvalue weighted by Gasteiger charge is -2.42. The minimum absolute atomic E-state index is 0.147. The summed E-state index contributed by atoms with van der Waals surface area (Å²) < 4.78 is 1.71. The molecule has 0 spiro atoms. The molecule has 23 heavy (non-hydrogen) atoms. The van der Waals surface area contributed by atoms with Crippen molar-refractivity contribution in [2.24, 2.45) is 0 Å². The van der Waals surface area contributed by atoms with Gasteiger partial charge in [0.1, 0.15) is 6.54 Å². The van der Waals surface area contributed by atoms with Crippen LogP contribution in [0.15, 0.2) is 48.8 Å². The van der Waals surface area contributed by atoms with Gasteiger partial charge in [-0.25, -0.2) is 0 Å². The van der Waals surface area contributed by atoms with E-state index in [0.717, 1.165) is 25.7 Å². The fourth-order valence-corrected chi connectivity index (χ4v) is 3.46. The van der Waals surface area contributed by atoms with Gasteiger partial charge in [0.05, 0.1) is 6.04 Å². The summed E-state index contributed by atoms with van der Waals surface area (Å²) in [7, 11) is 0. The van der Waals surface area contributed by atoms with E-state index in [9.17, 15) is 4.79 Å². The summed E-state index contributed by atoms with van der Waals surface area (Å²) in [6.45, 7) is 3.05. The number of nitrogens with zero attached hydrogens (tertiary/aromatic N) is 4. The van der Waals surface area contributed by atoms with Gasteiger partial charge in [-0.1, -0.05) is 30.3 Å². The Morgan fingerprint density at radius 1 is 1.13 bits per heavy atom. The minimum Gasteiger partial charge on any atom is -0.331 e. The lowest BCUT2D eigenvalue weighted by molar-refractivity contribution is -0.137. The maximum Gasteiger partial charge on any atom is 0.244 e. The van der Waals surface area contributed by atoms with E-state index in [1.165, 1.54) is 18.4 Å². The molecule has 1 amide bonds. The smallest absolute Gasteiger partial charge is 0.244 e. The number of carbonyl (C=O) groups excluding carboxylic acids is 1. The van der Waals surface area contributed by atoms with Gasteiger partial charge in [-0.05, 0) is 24.5 Å². The molecule has 1 aromatic carbocycles. The fourth-order valence-electron chi connectivity index (χ4n) is 3.46. The van der Waals surface area contributed by atoms with Crippen molar-refractivity contribution in [1.82, 2.24) is 19.6 Å². The Morgan fingerprint density at radius 2 is 1.96 bits per heavy atom. The first-order chi connectivity index (χ1) is 11.3. The number of piperazine rings is 1. The van der Waals surface area contributed by atoms with Crippen LogP contribution in [0.1, 0.15) is 24.4 Å². The normalized spacial score (nSPS) is 22.3. The molecule has 5 heteroatoms. The number of benzene rings is 1. The number of rotatable bonds is 4. The highest BCUT2D eigenvalue weighted by molar-refractivity contribution is 5.76. The third-order valence-electron chi connectivity index (χ3n) is 4.84. The van der Waals surface area contributed by atoms with Crippen molar-refractivity contribution in [2.75, 3.05) is 19.6 Å². The number of hydrogen-bond acceptors (Lipinski definition) is 3. The molecule has 0 radical (unpaired) electrons. The lowest BCUT2D eigenvalue weighted by Crippen LogP contribution is -2.52. The van der Waals surface area contributed by atoms with Gasteiger partial charge in [0, 0.05) is 38.1 Å². The first kappa shape index (κ1) is 14.5. The average Bonchev–Trinajstić information content (AvgIpc) is 3.33. The van der Waals surface area contributed by atoms with E-state index >= 15 is 0 Å². The van der Waals surface area contributed by atoms with E-state index in [-0.39, 0.29) is 11.9 Å². The molecule has 2 aliphatic rings. The van der Waals surface area contributed by atoms with Crippen molar-refractivity contribution in [3.63, 3.8) is 0 Å². The van der Waals surface area contributed by atoms with Crippen LogP contribution < -0.4 is 0 Å². The van der Waals surface area contributed by atoms with Crippen LogP contribution in [-0.4, -0.2) is 51.2 Å². The number of carbonyl (C=O) groups is 1. The van der Waals surface area contributed by atoms with E-state index in [2.05, 4.69) is 34.3 Å². The summed E-state index contributed by atoms with van der Waals surface area (Å²) in [6, 6.07) is 13.2. The topological polar surface area (TPSA) is 41.4 Å². The Balaban J connectivity index is 1.54. The molecule has 2 heterocycles. The van der Waals surface area contributed by atoms with E-state index in [0.29, 0.717) is 6.54 Å². The highest BCUT2D eigenvalue weighted by Gasteiger charge is 2.37. The van der Waals surface area contributed by atoms with Crippen molar-refractivity contribution < 1.29 is 4.79 Å². The second kappa shape index (κ2) is 6.16. The molecule has 5 nitrogen and oxygen atoms in total. The molecule has 1 aliphatic carbocycles.